The van der Waals surface area contributed by atoms with Crippen LogP contribution in [-0.4, -0.2) is 7.85 Å². The van der Waals surface area contributed by atoms with Gasteiger partial charge in [-0.1, -0.05) is 43.9 Å². The van der Waals surface area contributed by atoms with Crippen molar-refractivity contribution in [2.45, 2.75) is 33.1 Å². The summed E-state index contributed by atoms with van der Waals surface area (Å²) in [4.78, 5) is 0. The van der Waals surface area contributed by atoms with Gasteiger partial charge in [0.25, 0.3) is 0 Å². The van der Waals surface area contributed by atoms with E-state index in [1.807, 2.05) is 0 Å². The average Bonchev–Trinajstić information content (AvgIpc) is 2.05. The Bertz CT molecular complexity index is 253. The number of rotatable bonds is 3. The Morgan fingerprint density at radius 2 is 1.92 bits per heavy atom. The predicted molar refractivity (Wildman–Crippen MR) is 58.0 cm³/mol. The summed E-state index contributed by atoms with van der Waals surface area (Å²) in [6, 6.07) is 6.79. The van der Waals surface area contributed by atoms with Crippen molar-refractivity contribution in [2.75, 3.05) is 0 Å². The van der Waals surface area contributed by atoms with E-state index in [9.17, 15) is 0 Å². The maximum absolute atomic E-state index is 2.32. The number of hydrogen-bond acceptors (Lipinski definition) is 0. The molecule has 0 saturated heterocycles. The maximum atomic E-state index is 2.32. The number of aryl methyl sites for hydroxylation is 2. The molecular weight excluding hydrogens is 143 g/mol. The van der Waals surface area contributed by atoms with Crippen molar-refractivity contribution >= 4 is 13.3 Å². The van der Waals surface area contributed by atoms with Crippen molar-refractivity contribution < 1.29 is 0 Å². The molecule has 1 heteroatoms. The number of benzene rings is 1. The van der Waals surface area contributed by atoms with Gasteiger partial charge >= 0.3 is 0 Å². The highest BCUT2D eigenvalue weighted by Crippen LogP contribution is 2.09. The van der Waals surface area contributed by atoms with Crippen molar-refractivity contribution in [1.29, 1.82) is 0 Å². The Balaban J connectivity index is 2.95. The smallest absolute Gasteiger partial charge is 0.0887 e. The first-order chi connectivity index (χ1) is 5.77. The summed E-state index contributed by atoms with van der Waals surface area (Å²) in [7, 11) is 2.17. The van der Waals surface area contributed by atoms with Crippen molar-refractivity contribution in [3.63, 3.8) is 0 Å². The van der Waals surface area contributed by atoms with Crippen molar-refractivity contribution in [3.8, 4) is 0 Å². The Morgan fingerprint density at radius 3 is 2.50 bits per heavy atom. The zero-order chi connectivity index (χ0) is 8.97. The molecule has 0 aliphatic heterocycles. The van der Waals surface area contributed by atoms with Gasteiger partial charge in [0, 0.05) is 0 Å². The van der Waals surface area contributed by atoms with Gasteiger partial charge in [-0.2, -0.15) is 0 Å². The summed E-state index contributed by atoms with van der Waals surface area (Å²) in [6.07, 6.45) is 3.64. The molecule has 0 radical (unpaired) electrons. The van der Waals surface area contributed by atoms with Crippen molar-refractivity contribution in [1.82, 2.24) is 0 Å². The first-order valence-corrected chi connectivity index (χ1v) is 4.86. The zero-order valence-electron chi connectivity index (χ0n) is 8.35. The van der Waals surface area contributed by atoms with Gasteiger partial charge in [0.2, 0.25) is 0 Å². The highest BCUT2D eigenvalue weighted by molar-refractivity contribution is 6.32. The fraction of sp³-hybridized carbons (Fsp3) is 0.455. The lowest BCUT2D eigenvalue weighted by Gasteiger charge is -2.07. The second kappa shape index (κ2) is 4.35. The second-order valence-electron chi connectivity index (χ2n) is 3.38. The minimum absolute atomic E-state index is 1.16. The summed E-state index contributed by atoms with van der Waals surface area (Å²) >= 11 is 0. The average molecular weight is 160 g/mol. The fourth-order valence-electron chi connectivity index (χ4n) is 1.60. The van der Waals surface area contributed by atoms with Crippen LogP contribution >= 0.6 is 0 Å². The Labute approximate surface area is 76.4 Å². The minimum atomic E-state index is 1.16. The van der Waals surface area contributed by atoms with Gasteiger partial charge in [0.15, 0.2) is 0 Å². The van der Waals surface area contributed by atoms with Crippen LogP contribution in [0.4, 0.5) is 0 Å². The summed E-state index contributed by atoms with van der Waals surface area (Å²) in [5.41, 5.74) is 4.44. The molecule has 0 unspecified atom stereocenters. The van der Waals surface area contributed by atoms with Crippen LogP contribution in [-0.2, 0) is 12.8 Å². The van der Waals surface area contributed by atoms with E-state index in [0.717, 1.165) is 6.42 Å². The van der Waals surface area contributed by atoms with Crippen LogP contribution in [0.25, 0.3) is 0 Å². The van der Waals surface area contributed by atoms with Gasteiger partial charge < -0.3 is 0 Å². The van der Waals surface area contributed by atoms with E-state index in [1.165, 1.54) is 23.9 Å². The van der Waals surface area contributed by atoms with Crippen molar-refractivity contribution in [2.24, 2.45) is 0 Å². The first kappa shape index (κ1) is 9.37. The van der Waals surface area contributed by atoms with Crippen LogP contribution in [0.1, 0.15) is 31.4 Å². The zero-order valence-corrected chi connectivity index (χ0v) is 8.35. The molecule has 0 N–H and O–H groups in total. The van der Waals surface area contributed by atoms with E-state index in [4.69, 9.17) is 0 Å². The van der Waals surface area contributed by atoms with Gasteiger partial charge in [-0.05, 0) is 24.0 Å². The highest BCUT2D eigenvalue weighted by Gasteiger charge is 1.98. The third-order valence-electron chi connectivity index (χ3n) is 2.26. The third-order valence-corrected chi connectivity index (χ3v) is 2.26. The predicted octanol–water partition coefficient (Wildman–Crippen LogP) is 1.46. The van der Waals surface area contributed by atoms with E-state index in [-0.39, 0.29) is 0 Å². The molecule has 1 aromatic carbocycles. The molecule has 0 spiro atoms. The highest BCUT2D eigenvalue weighted by atomic mass is 14.0. The Morgan fingerprint density at radius 1 is 1.17 bits per heavy atom. The third kappa shape index (κ3) is 2.13. The summed E-state index contributed by atoms with van der Waals surface area (Å²) in [5.74, 6) is 0. The van der Waals surface area contributed by atoms with Gasteiger partial charge in [0.05, 0.1) is 0 Å². The topological polar surface area (TPSA) is 0 Å². The molecule has 0 saturated carbocycles. The van der Waals surface area contributed by atoms with Crippen LogP contribution < -0.4 is 5.46 Å². The Hall–Kier alpha value is -0.715. The fourth-order valence-corrected chi connectivity index (χ4v) is 1.60. The van der Waals surface area contributed by atoms with E-state index in [0.29, 0.717) is 0 Å². The molecule has 12 heavy (non-hydrogen) atoms. The van der Waals surface area contributed by atoms with Crippen molar-refractivity contribution in [3.05, 3.63) is 29.3 Å². The number of hydrogen-bond donors (Lipinski definition) is 0. The molecular formula is C11H17B. The molecule has 1 rings (SSSR count). The van der Waals surface area contributed by atoms with Gasteiger partial charge in [-0.25, -0.2) is 0 Å². The first-order valence-electron chi connectivity index (χ1n) is 4.86. The summed E-state index contributed by atoms with van der Waals surface area (Å²) < 4.78 is 0. The molecule has 0 atom stereocenters. The van der Waals surface area contributed by atoms with Gasteiger partial charge in [-0.3, -0.25) is 0 Å². The van der Waals surface area contributed by atoms with Crippen LogP contribution in [0.5, 0.6) is 0 Å². The van der Waals surface area contributed by atoms with E-state index in [2.05, 4.69) is 39.9 Å². The van der Waals surface area contributed by atoms with E-state index >= 15 is 0 Å². The molecule has 0 amide bonds. The molecule has 0 bridgehead atoms. The van der Waals surface area contributed by atoms with Crippen LogP contribution in [0, 0.1) is 0 Å². The van der Waals surface area contributed by atoms with Gasteiger partial charge in [-0.15, -0.1) is 0 Å². The summed E-state index contributed by atoms with van der Waals surface area (Å²) in [6.45, 7) is 4.46. The lowest BCUT2D eigenvalue weighted by molar-refractivity contribution is 0.901. The lowest BCUT2D eigenvalue weighted by Crippen LogP contribution is -2.05. The molecule has 0 aliphatic rings. The standard InChI is InChI=1S/C11H17B/c1-3-5-10-8-11(12)7-6-9(10)4-2/h6-8H,3-5,12H2,1-2H3. The molecule has 0 nitrogen and oxygen atoms in total. The Kier molecular flexibility index (Phi) is 3.39. The minimum Gasteiger partial charge on any atom is -0.0887 e. The molecule has 0 fully saturated rings. The summed E-state index contributed by atoms with van der Waals surface area (Å²) in [5, 5.41) is 0. The molecule has 1 aromatic rings. The quantitative estimate of drug-likeness (QED) is 0.587. The van der Waals surface area contributed by atoms with Gasteiger partial charge in [0.1, 0.15) is 7.85 Å². The largest absolute Gasteiger partial charge is 0.139 e. The second-order valence-corrected chi connectivity index (χ2v) is 3.38. The maximum Gasteiger partial charge on any atom is 0.139 e. The monoisotopic (exact) mass is 160 g/mol. The molecule has 64 valence electrons. The van der Waals surface area contributed by atoms with Crippen LogP contribution in [0.3, 0.4) is 0 Å². The van der Waals surface area contributed by atoms with Crippen LogP contribution in [0.15, 0.2) is 18.2 Å². The normalized spacial score (nSPS) is 10.2. The SMILES string of the molecule is Bc1ccc(CC)c(CCC)c1. The molecule has 0 aliphatic carbocycles. The molecule has 0 heterocycles. The molecule has 0 aromatic heterocycles. The van der Waals surface area contributed by atoms with E-state index < -0.39 is 0 Å². The van der Waals surface area contributed by atoms with Crippen LogP contribution in [0.2, 0.25) is 0 Å². The lowest BCUT2D eigenvalue weighted by atomic mass is 9.90. The van der Waals surface area contributed by atoms with E-state index in [1.54, 1.807) is 5.56 Å².